The summed E-state index contributed by atoms with van der Waals surface area (Å²) in [7, 11) is -3.97. The number of halogens is 1. The molecule has 0 bridgehead atoms. The zero-order chi connectivity index (χ0) is 25.3. The lowest BCUT2D eigenvalue weighted by molar-refractivity contribution is 0.0779. The summed E-state index contributed by atoms with van der Waals surface area (Å²) in [5.74, 6) is -1.32. The Kier molecular flexibility index (Phi) is 7.86. The number of hydrogen-bond donors (Lipinski definition) is 5. The molecule has 5 N–H and O–H groups in total. The third-order valence-corrected chi connectivity index (χ3v) is 8.11. The lowest BCUT2D eigenvalue weighted by atomic mass is 9.90. The van der Waals surface area contributed by atoms with Crippen molar-refractivity contribution in [3.05, 3.63) is 39.3 Å². The van der Waals surface area contributed by atoms with Gasteiger partial charge in [-0.2, -0.15) is 5.26 Å². The summed E-state index contributed by atoms with van der Waals surface area (Å²) in [4.78, 5) is 16.8. The van der Waals surface area contributed by atoms with Crippen molar-refractivity contribution < 1.29 is 23.6 Å². The highest BCUT2D eigenvalue weighted by Gasteiger charge is 2.29. The second-order valence-electron chi connectivity index (χ2n) is 8.62. The molecule has 1 aromatic heterocycles. The van der Waals surface area contributed by atoms with Crippen molar-refractivity contribution in [2.75, 3.05) is 5.32 Å². The van der Waals surface area contributed by atoms with Crippen LogP contribution in [-0.2, 0) is 22.1 Å². The Morgan fingerprint density at radius 2 is 1.97 bits per heavy atom. The van der Waals surface area contributed by atoms with Crippen LogP contribution >= 0.6 is 11.3 Å². The van der Waals surface area contributed by atoms with Crippen molar-refractivity contribution >= 4 is 33.0 Å². The zero-order valence-corrected chi connectivity index (χ0v) is 20.9. The van der Waals surface area contributed by atoms with E-state index in [9.17, 15) is 28.9 Å². The molecule has 0 aliphatic heterocycles. The van der Waals surface area contributed by atoms with Crippen LogP contribution in [0, 0.1) is 21.9 Å². The van der Waals surface area contributed by atoms with Crippen molar-refractivity contribution in [2.24, 2.45) is 0 Å². The SMILES string of the molecule is CC(C)c1cc(C#N)c(F)c(C(C)C)c1NC(=O)NS(=N)(=O)c1sc(C(C)(C)O)nc1CO. The number of carbonyl (C=O) groups excluding carboxylic acids is 1. The van der Waals surface area contributed by atoms with Gasteiger partial charge >= 0.3 is 6.03 Å². The van der Waals surface area contributed by atoms with E-state index in [4.69, 9.17) is 4.78 Å². The predicted molar refractivity (Wildman–Crippen MR) is 124 cm³/mol. The monoisotopic (exact) mass is 497 g/mol. The molecule has 1 atom stereocenters. The number of amides is 2. The summed E-state index contributed by atoms with van der Waals surface area (Å²) in [6, 6.07) is 2.16. The summed E-state index contributed by atoms with van der Waals surface area (Å²) >= 11 is 0.747. The van der Waals surface area contributed by atoms with Gasteiger partial charge in [-0.1, -0.05) is 27.7 Å². The predicted octanol–water partition coefficient (Wildman–Crippen LogP) is 4.26. The molecular formula is C21H28FN5O4S2. The van der Waals surface area contributed by atoms with Crippen molar-refractivity contribution in [2.45, 2.75) is 69.8 Å². The van der Waals surface area contributed by atoms with Crippen LogP contribution in [0.5, 0.6) is 0 Å². The average molecular weight is 498 g/mol. The third kappa shape index (κ3) is 5.67. The number of rotatable bonds is 7. The Hall–Kier alpha value is -2.59. The fourth-order valence-corrected chi connectivity index (χ4v) is 5.65. The van der Waals surface area contributed by atoms with Crippen molar-refractivity contribution in [3.63, 3.8) is 0 Å². The molecule has 1 aromatic carbocycles. The van der Waals surface area contributed by atoms with E-state index in [1.165, 1.54) is 19.9 Å². The highest BCUT2D eigenvalue weighted by Crippen LogP contribution is 2.37. The second-order valence-corrected chi connectivity index (χ2v) is 11.6. The normalized spacial score (nSPS) is 13.6. The topological polar surface area (TPSA) is 159 Å². The van der Waals surface area contributed by atoms with Gasteiger partial charge < -0.3 is 15.5 Å². The highest BCUT2D eigenvalue weighted by molar-refractivity contribution is 7.93. The van der Waals surface area contributed by atoms with Crippen molar-refractivity contribution in [1.82, 2.24) is 9.71 Å². The van der Waals surface area contributed by atoms with Crippen molar-refractivity contribution in [1.29, 1.82) is 10.0 Å². The number of nitriles is 1. The minimum absolute atomic E-state index is 0.0902. The third-order valence-electron chi connectivity index (χ3n) is 4.72. The average Bonchev–Trinajstić information content (AvgIpc) is 3.13. The molecular weight excluding hydrogens is 469 g/mol. The lowest BCUT2D eigenvalue weighted by Gasteiger charge is -2.22. The van der Waals surface area contributed by atoms with Gasteiger partial charge in [0.15, 0.2) is 9.92 Å². The summed E-state index contributed by atoms with van der Waals surface area (Å²) in [5, 5.41) is 31.6. The maximum atomic E-state index is 14.9. The number of aromatic nitrogens is 1. The maximum Gasteiger partial charge on any atom is 0.331 e. The van der Waals surface area contributed by atoms with E-state index in [-0.39, 0.29) is 43.6 Å². The van der Waals surface area contributed by atoms with E-state index in [0.29, 0.717) is 5.56 Å². The first kappa shape index (κ1) is 26.7. The Morgan fingerprint density at radius 1 is 1.36 bits per heavy atom. The summed E-state index contributed by atoms with van der Waals surface area (Å²) in [6.45, 7) is 9.31. The number of aliphatic hydroxyl groups excluding tert-OH is 1. The molecule has 180 valence electrons. The van der Waals surface area contributed by atoms with Crippen LogP contribution in [0.15, 0.2) is 10.3 Å². The zero-order valence-electron chi connectivity index (χ0n) is 19.2. The number of anilines is 1. The molecule has 1 unspecified atom stereocenters. The van der Waals surface area contributed by atoms with Gasteiger partial charge in [0.2, 0.25) is 0 Å². The fraction of sp³-hybridized carbons (Fsp3) is 0.476. The number of hydrogen-bond acceptors (Lipinski definition) is 8. The maximum absolute atomic E-state index is 14.9. The lowest BCUT2D eigenvalue weighted by Crippen LogP contribution is -2.34. The Labute approximate surface area is 196 Å². The van der Waals surface area contributed by atoms with Crippen LogP contribution in [0.25, 0.3) is 0 Å². The van der Waals surface area contributed by atoms with Crippen LogP contribution < -0.4 is 10.0 Å². The minimum atomic E-state index is -3.97. The molecule has 0 aliphatic carbocycles. The summed E-state index contributed by atoms with van der Waals surface area (Å²) in [6.07, 6.45) is 0. The van der Waals surface area contributed by atoms with E-state index < -0.39 is 34.0 Å². The number of thiazole rings is 1. The smallest absolute Gasteiger partial charge is 0.331 e. The van der Waals surface area contributed by atoms with Crippen LogP contribution in [0.1, 0.15) is 80.8 Å². The van der Waals surface area contributed by atoms with Gasteiger partial charge in [0.1, 0.15) is 26.7 Å². The molecule has 2 aromatic rings. The fourth-order valence-electron chi connectivity index (χ4n) is 3.16. The molecule has 2 amide bonds. The van der Waals surface area contributed by atoms with Gasteiger partial charge in [0.25, 0.3) is 0 Å². The summed E-state index contributed by atoms with van der Waals surface area (Å²) < 4.78 is 38.1. The number of carbonyl (C=O) groups is 1. The van der Waals surface area contributed by atoms with E-state index in [2.05, 4.69) is 15.0 Å². The Bertz CT molecular complexity index is 1210. The first-order valence-corrected chi connectivity index (χ1v) is 12.5. The van der Waals surface area contributed by atoms with Crippen LogP contribution in [-0.4, -0.2) is 25.4 Å². The van der Waals surface area contributed by atoms with E-state index in [1.807, 2.05) is 19.9 Å². The molecule has 9 nitrogen and oxygen atoms in total. The number of aliphatic hydroxyl groups is 2. The van der Waals surface area contributed by atoms with Crippen molar-refractivity contribution in [3.8, 4) is 6.07 Å². The standard InChI is InChI=1S/C21H28FN5O4S2/c1-10(2)13-7-12(8-23)16(22)15(11(3)4)17(13)26-20(29)27-33(24,31)18-14(9-28)25-19(32-18)21(5,6)30/h7,10-11,28,30H,9H2,1-6H3,(H3,24,26,27,29,31). The molecule has 33 heavy (non-hydrogen) atoms. The highest BCUT2D eigenvalue weighted by atomic mass is 32.2. The first-order valence-electron chi connectivity index (χ1n) is 10.1. The van der Waals surface area contributed by atoms with Crippen LogP contribution in [0.2, 0.25) is 0 Å². The van der Waals surface area contributed by atoms with Gasteiger partial charge in [-0.15, -0.1) is 11.3 Å². The Balaban J connectivity index is 2.49. The number of nitrogens with one attached hydrogen (secondary N) is 3. The summed E-state index contributed by atoms with van der Waals surface area (Å²) in [5.41, 5.74) is -0.846. The van der Waals surface area contributed by atoms with Crippen LogP contribution in [0.4, 0.5) is 14.9 Å². The number of urea groups is 1. The molecule has 12 heteroatoms. The quantitative estimate of drug-likeness (QED) is 0.384. The largest absolute Gasteiger partial charge is 0.390 e. The van der Waals surface area contributed by atoms with Gasteiger partial charge in [-0.05, 0) is 37.3 Å². The van der Waals surface area contributed by atoms with Gasteiger partial charge in [0, 0.05) is 5.56 Å². The molecule has 1 heterocycles. The molecule has 0 saturated heterocycles. The molecule has 0 saturated carbocycles. The van der Waals surface area contributed by atoms with E-state index >= 15 is 0 Å². The van der Waals surface area contributed by atoms with Crippen LogP contribution in [0.3, 0.4) is 0 Å². The van der Waals surface area contributed by atoms with Gasteiger partial charge in [0.05, 0.1) is 23.6 Å². The minimum Gasteiger partial charge on any atom is -0.390 e. The molecule has 0 spiro atoms. The van der Waals surface area contributed by atoms with E-state index in [1.54, 1.807) is 13.8 Å². The van der Waals surface area contributed by atoms with Gasteiger partial charge in [-0.25, -0.2) is 27.9 Å². The molecule has 0 aliphatic rings. The Morgan fingerprint density at radius 3 is 2.42 bits per heavy atom. The number of nitrogens with zero attached hydrogens (tertiary/aromatic N) is 2. The van der Waals surface area contributed by atoms with E-state index in [0.717, 1.165) is 11.3 Å². The second kappa shape index (κ2) is 9.72. The van der Waals surface area contributed by atoms with Gasteiger partial charge in [-0.3, -0.25) is 0 Å². The molecule has 2 rings (SSSR count). The molecule has 0 fully saturated rings. The molecule has 0 radical (unpaired) electrons. The first-order chi connectivity index (χ1) is 15.1. The number of benzene rings is 1.